The Morgan fingerprint density at radius 2 is 1.70 bits per heavy atom. The molecule has 6 nitrogen and oxygen atoms in total. The van der Waals surface area contributed by atoms with E-state index < -0.39 is 6.04 Å². The smallest absolute Gasteiger partial charge is 0.256 e. The van der Waals surface area contributed by atoms with Crippen molar-refractivity contribution in [2.45, 2.75) is 70.0 Å². The molecule has 3 aliphatic rings. The van der Waals surface area contributed by atoms with E-state index >= 15 is 0 Å². The standard InChI is InChI=1S/C27H31N3O3/c31-25(28-21-11-3-1-2-4-12-21)20-10-7-9-19(17-20)18-30-23-14-6-5-13-22(23)26(32)29-16-8-15-24(29)27(30)33/h5-7,9-10,13-14,17,21,24H,1-4,8,11-12,15-16,18H2,(H,28,31)/t24-/m0/s1. The number of carbonyl (C=O) groups is 3. The zero-order chi connectivity index (χ0) is 22.8. The predicted octanol–water partition coefficient (Wildman–Crippen LogP) is 4.29. The van der Waals surface area contributed by atoms with E-state index in [-0.39, 0.29) is 23.8 Å². The molecule has 2 heterocycles. The number of anilines is 1. The molecular weight excluding hydrogens is 414 g/mol. The minimum absolute atomic E-state index is 0.0425. The molecule has 1 atom stereocenters. The third-order valence-electron chi connectivity index (χ3n) is 7.21. The predicted molar refractivity (Wildman–Crippen MR) is 127 cm³/mol. The Balaban J connectivity index is 1.39. The summed E-state index contributed by atoms with van der Waals surface area (Å²) < 4.78 is 0. The van der Waals surface area contributed by atoms with E-state index in [1.54, 1.807) is 15.9 Å². The number of benzene rings is 2. The Hall–Kier alpha value is -3.15. The lowest BCUT2D eigenvalue weighted by Crippen LogP contribution is -2.44. The van der Waals surface area contributed by atoms with E-state index in [1.807, 2.05) is 42.5 Å². The fourth-order valence-corrected chi connectivity index (χ4v) is 5.46. The molecule has 33 heavy (non-hydrogen) atoms. The van der Waals surface area contributed by atoms with Gasteiger partial charge in [-0.05, 0) is 55.5 Å². The first-order valence-electron chi connectivity index (χ1n) is 12.2. The van der Waals surface area contributed by atoms with Gasteiger partial charge in [-0.15, -0.1) is 0 Å². The van der Waals surface area contributed by atoms with Gasteiger partial charge < -0.3 is 15.1 Å². The van der Waals surface area contributed by atoms with E-state index in [4.69, 9.17) is 0 Å². The third-order valence-corrected chi connectivity index (χ3v) is 7.21. The first-order chi connectivity index (χ1) is 16.1. The Morgan fingerprint density at radius 1 is 0.909 bits per heavy atom. The molecular formula is C27H31N3O3. The van der Waals surface area contributed by atoms with Crippen LogP contribution in [0.3, 0.4) is 0 Å². The number of hydrogen-bond acceptors (Lipinski definition) is 3. The van der Waals surface area contributed by atoms with Crippen molar-refractivity contribution in [3.8, 4) is 0 Å². The molecule has 2 fully saturated rings. The molecule has 2 aliphatic heterocycles. The molecule has 6 heteroatoms. The number of hydrogen-bond donors (Lipinski definition) is 1. The van der Waals surface area contributed by atoms with Gasteiger partial charge in [0.15, 0.2) is 0 Å². The molecule has 1 saturated carbocycles. The van der Waals surface area contributed by atoms with Crippen molar-refractivity contribution in [2.24, 2.45) is 0 Å². The molecule has 1 aliphatic carbocycles. The molecule has 0 unspecified atom stereocenters. The van der Waals surface area contributed by atoms with Gasteiger partial charge in [0.25, 0.3) is 11.8 Å². The summed E-state index contributed by atoms with van der Waals surface area (Å²) in [5, 5.41) is 3.21. The van der Waals surface area contributed by atoms with Crippen molar-refractivity contribution in [2.75, 3.05) is 11.4 Å². The average molecular weight is 446 g/mol. The van der Waals surface area contributed by atoms with Crippen LogP contribution in [0.5, 0.6) is 0 Å². The van der Waals surface area contributed by atoms with Gasteiger partial charge in [-0.2, -0.15) is 0 Å². The highest BCUT2D eigenvalue weighted by atomic mass is 16.2. The van der Waals surface area contributed by atoms with Crippen LogP contribution >= 0.6 is 0 Å². The van der Waals surface area contributed by atoms with Gasteiger partial charge in [0.1, 0.15) is 6.04 Å². The normalized spacial score (nSPS) is 21.3. The number of carbonyl (C=O) groups excluding carboxylic acids is 3. The monoisotopic (exact) mass is 445 g/mol. The summed E-state index contributed by atoms with van der Waals surface area (Å²) in [6, 6.07) is 14.7. The molecule has 3 amide bonds. The zero-order valence-corrected chi connectivity index (χ0v) is 19.0. The summed E-state index contributed by atoms with van der Waals surface area (Å²) in [7, 11) is 0. The summed E-state index contributed by atoms with van der Waals surface area (Å²) in [4.78, 5) is 43.0. The van der Waals surface area contributed by atoms with Crippen molar-refractivity contribution >= 4 is 23.4 Å². The second kappa shape index (κ2) is 9.38. The number of para-hydroxylation sites is 1. The lowest BCUT2D eigenvalue weighted by atomic mass is 10.1. The molecule has 0 bridgehead atoms. The van der Waals surface area contributed by atoms with Gasteiger partial charge in [0.2, 0.25) is 5.91 Å². The van der Waals surface area contributed by atoms with E-state index in [9.17, 15) is 14.4 Å². The molecule has 0 radical (unpaired) electrons. The van der Waals surface area contributed by atoms with Crippen LogP contribution in [-0.4, -0.2) is 41.2 Å². The lowest BCUT2D eigenvalue weighted by Gasteiger charge is -2.26. The Morgan fingerprint density at radius 3 is 2.52 bits per heavy atom. The summed E-state index contributed by atoms with van der Waals surface area (Å²) in [5.41, 5.74) is 2.71. The van der Waals surface area contributed by atoms with Gasteiger partial charge in [0.05, 0.1) is 17.8 Å². The maximum atomic E-state index is 13.5. The van der Waals surface area contributed by atoms with Crippen molar-refractivity contribution in [1.82, 2.24) is 10.2 Å². The molecule has 172 valence electrons. The highest BCUT2D eigenvalue weighted by molar-refractivity contribution is 6.11. The summed E-state index contributed by atoms with van der Waals surface area (Å²) in [6.07, 6.45) is 8.43. The summed E-state index contributed by atoms with van der Waals surface area (Å²) >= 11 is 0. The van der Waals surface area contributed by atoms with Crippen molar-refractivity contribution in [3.05, 3.63) is 65.2 Å². The molecule has 2 aromatic rings. The van der Waals surface area contributed by atoms with Crippen LogP contribution < -0.4 is 10.2 Å². The zero-order valence-electron chi connectivity index (χ0n) is 19.0. The van der Waals surface area contributed by atoms with E-state index in [2.05, 4.69) is 5.32 Å². The van der Waals surface area contributed by atoms with Crippen LogP contribution in [0.25, 0.3) is 0 Å². The van der Waals surface area contributed by atoms with E-state index in [1.165, 1.54) is 25.7 Å². The second-order valence-electron chi connectivity index (χ2n) is 9.46. The Kier molecular flexibility index (Phi) is 6.16. The quantitative estimate of drug-likeness (QED) is 0.714. The third kappa shape index (κ3) is 4.39. The number of fused-ring (bicyclic) bond motifs is 2. The van der Waals surface area contributed by atoms with Gasteiger partial charge in [-0.1, -0.05) is 49.9 Å². The Bertz CT molecular complexity index is 1060. The molecule has 1 N–H and O–H groups in total. The van der Waals surface area contributed by atoms with Gasteiger partial charge >= 0.3 is 0 Å². The second-order valence-corrected chi connectivity index (χ2v) is 9.46. The number of rotatable bonds is 4. The largest absolute Gasteiger partial charge is 0.349 e. The maximum absolute atomic E-state index is 13.5. The van der Waals surface area contributed by atoms with Crippen molar-refractivity contribution in [1.29, 1.82) is 0 Å². The molecule has 1 saturated heterocycles. The van der Waals surface area contributed by atoms with Gasteiger partial charge in [-0.3, -0.25) is 14.4 Å². The number of nitrogens with one attached hydrogen (secondary N) is 1. The van der Waals surface area contributed by atoms with Crippen molar-refractivity contribution < 1.29 is 14.4 Å². The highest BCUT2D eigenvalue weighted by Crippen LogP contribution is 2.33. The molecule has 0 spiro atoms. The average Bonchev–Trinajstić information content (AvgIpc) is 3.16. The molecule has 0 aromatic heterocycles. The SMILES string of the molecule is O=C(NC1CCCCCC1)c1cccc(CN2C(=O)[C@@H]3CCCN3C(=O)c3ccccc32)c1. The minimum Gasteiger partial charge on any atom is -0.349 e. The van der Waals surface area contributed by atoms with Gasteiger partial charge in [-0.25, -0.2) is 0 Å². The fourth-order valence-electron chi connectivity index (χ4n) is 5.46. The first kappa shape index (κ1) is 21.7. The van der Waals surface area contributed by atoms with Crippen LogP contribution in [0.1, 0.15) is 77.6 Å². The van der Waals surface area contributed by atoms with Crippen LogP contribution in [0.4, 0.5) is 5.69 Å². The van der Waals surface area contributed by atoms with E-state index in [0.717, 1.165) is 24.8 Å². The molecule has 5 rings (SSSR count). The number of nitrogens with zero attached hydrogens (tertiary/aromatic N) is 2. The Labute approximate surface area is 194 Å². The van der Waals surface area contributed by atoms with Crippen LogP contribution in [0.2, 0.25) is 0 Å². The van der Waals surface area contributed by atoms with Crippen LogP contribution in [0.15, 0.2) is 48.5 Å². The van der Waals surface area contributed by atoms with E-state index in [0.29, 0.717) is 36.3 Å². The van der Waals surface area contributed by atoms with Crippen LogP contribution in [0, 0.1) is 0 Å². The highest BCUT2D eigenvalue weighted by Gasteiger charge is 2.41. The van der Waals surface area contributed by atoms with Gasteiger partial charge in [0, 0.05) is 18.2 Å². The number of amides is 3. The fraction of sp³-hybridized carbons (Fsp3) is 0.444. The van der Waals surface area contributed by atoms with Crippen LogP contribution in [-0.2, 0) is 11.3 Å². The maximum Gasteiger partial charge on any atom is 0.256 e. The summed E-state index contributed by atoms with van der Waals surface area (Å²) in [6.45, 7) is 0.951. The summed E-state index contributed by atoms with van der Waals surface area (Å²) in [5.74, 6) is -0.164. The topological polar surface area (TPSA) is 69.7 Å². The first-order valence-corrected chi connectivity index (χ1v) is 12.2. The lowest BCUT2D eigenvalue weighted by molar-refractivity contribution is -0.122. The minimum atomic E-state index is -0.411. The molecule has 2 aromatic carbocycles. The van der Waals surface area contributed by atoms with Crippen molar-refractivity contribution in [3.63, 3.8) is 0 Å².